The lowest BCUT2D eigenvalue weighted by Gasteiger charge is -2.48. The van der Waals surface area contributed by atoms with E-state index in [-0.39, 0.29) is 23.3 Å². The second-order valence-electron chi connectivity index (χ2n) is 11.3. The van der Waals surface area contributed by atoms with Gasteiger partial charge in [-0.15, -0.1) is 0 Å². The second kappa shape index (κ2) is 11.5. The molecule has 0 radical (unpaired) electrons. The van der Waals surface area contributed by atoms with Crippen LogP contribution in [0.5, 0.6) is 0 Å². The van der Waals surface area contributed by atoms with E-state index in [1.165, 1.54) is 32.1 Å². The lowest BCUT2D eigenvalue weighted by atomic mass is 9.63. The van der Waals surface area contributed by atoms with Gasteiger partial charge in [0.15, 0.2) is 0 Å². The number of aromatic nitrogens is 3. The number of hydrogen-bond donors (Lipinski definition) is 1. The lowest BCUT2D eigenvalue weighted by molar-refractivity contribution is -0.141. The van der Waals surface area contributed by atoms with Crippen molar-refractivity contribution in [1.29, 1.82) is 0 Å². The molecule has 1 aliphatic carbocycles. The Morgan fingerprint density at radius 2 is 1.81 bits per heavy atom. The van der Waals surface area contributed by atoms with Gasteiger partial charge in [-0.05, 0) is 68.2 Å². The van der Waals surface area contributed by atoms with Crippen LogP contribution in [0.15, 0.2) is 36.9 Å². The molecule has 0 spiro atoms. The molecule has 8 nitrogen and oxygen atoms in total. The Kier molecular flexibility index (Phi) is 8.15. The van der Waals surface area contributed by atoms with Crippen molar-refractivity contribution in [2.45, 2.75) is 76.4 Å². The minimum Gasteiger partial charge on any atom is -0.343 e. The molecule has 37 heavy (non-hydrogen) atoms. The molecule has 2 saturated heterocycles. The van der Waals surface area contributed by atoms with Crippen molar-refractivity contribution in [3.63, 3.8) is 0 Å². The summed E-state index contributed by atoms with van der Waals surface area (Å²) in [6, 6.07) is 6.82. The third kappa shape index (κ3) is 6.01. The predicted octanol–water partition coefficient (Wildman–Crippen LogP) is 3.55. The molecule has 1 aromatic heterocycles. The fraction of sp³-hybridized carbons (Fsp3) is 0.643. The molecule has 2 aromatic rings. The van der Waals surface area contributed by atoms with Crippen LogP contribution in [0.3, 0.4) is 0 Å². The van der Waals surface area contributed by atoms with E-state index in [1.54, 1.807) is 6.33 Å². The Bertz CT molecular complexity index is 1050. The van der Waals surface area contributed by atoms with Gasteiger partial charge in [0.1, 0.15) is 18.7 Å². The number of carbonyl (C=O) groups excluding carboxylic acids is 2. The Morgan fingerprint density at radius 1 is 1.08 bits per heavy atom. The van der Waals surface area contributed by atoms with Gasteiger partial charge in [0, 0.05) is 37.6 Å². The van der Waals surface area contributed by atoms with Crippen molar-refractivity contribution < 1.29 is 9.59 Å². The molecule has 1 N–H and O–H groups in total. The standard InChI is InChI=1S/C28H39ClN6O2/c1-33-14-11-25(33)26(36)32-24(17-21-7-9-23(29)10-8-21)27(37)34-15-12-28(13-16-34,18-35-20-30-19-31-35)22-5-3-2-4-6-22/h7-10,19-20,22,24-25H,2-6,11-18H2,1H3,(H,32,36)/t24-,25-/m1/s1. The zero-order chi connectivity index (χ0) is 25.8. The molecular formula is C28H39ClN6O2. The van der Waals surface area contributed by atoms with Gasteiger partial charge in [0.2, 0.25) is 11.8 Å². The summed E-state index contributed by atoms with van der Waals surface area (Å²) < 4.78 is 1.98. The number of hydrogen-bond acceptors (Lipinski definition) is 5. The summed E-state index contributed by atoms with van der Waals surface area (Å²) in [6.45, 7) is 3.19. The largest absolute Gasteiger partial charge is 0.343 e. The predicted molar refractivity (Wildman–Crippen MR) is 143 cm³/mol. The van der Waals surface area contributed by atoms with Crippen molar-refractivity contribution in [2.75, 3.05) is 26.7 Å². The Morgan fingerprint density at radius 3 is 2.41 bits per heavy atom. The number of halogens is 1. The van der Waals surface area contributed by atoms with Crippen LogP contribution in [0.25, 0.3) is 0 Å². The molecule has 3 heterocycles. The molecule has 200 valence electrons. The summed E-state index contributed by atoms with van der Waals surface area (Å²) in [5.74, 6) is 0.616. The highest BCUT2D eigenvalue weighted by Gasteiger charge is 2.44. The minimum atomic E-state index is -0.583. The van der Waals surface area contributed by atoms with Crippen molar-refractivity contribution in [1.82, 2.24) is 29.9 Å². The first-order valence-electron chi connectivity index (χ1n) is 13.8. The summed E-state index contributed by atoms with van der Waals surface area (Å²) in [5.41, 5.74) is 1.12. The number of amides is 2. The van der Waals surface area contributed by atoms with E-state index in [4.69, 9.17) is 11.6 Å². The number of rotatable bonds is 8. The second-order valence-corrected chi connectivity index (χ2v) is 11.7. The van der Waals surface area contributed by atoms with Gasteiger partial charge in [0.25, 0.3) is 0 Å². The SMILES string of the molecule is CN1CC[C@@H]1C(=O)N[C@H](Cc1ccc(Cl)cc1)C(=O)N1CCC(Cn2cncn2)(C2CCCCC2)CC1. The number of likely N-dealkylation sites (N-methyl/N-ethyl adjacent to an activating group) is 1. The summed E-state index contributed by atoms with van der Waals surface area (Å²) in [4.78, 5) is 35.0. The molecular weight excluding hydrogens is 488 g/mol. The van der Waals surface area contributed by atoms with Crippen LogP contribution in [-0.4, -0.2) is 75.1 Å². The maximum Gasteiger partial charge on any atom is 0.245 e. The Labute approximate surface area is 224 Å². The highest BCUT2D eigenvalue weighted by molar-refractivity contribution is 6.30. The summed E-state index contributed by atoms with van der Waals surface area (Å²) >= 11 is 6.08. The average Bonchev–Trinajstić information content (AvgIpc) is 3.42. The van der Waals surface area contributed by atoms with Gasteiger partial charge in [-0.3, -0.25) is 19.2 Å². The van der Waals surface area contributed by atoms with E-state index < -0.39 is 6.04 Å². The normalized spacial score (nSPS) is 23.3. The topological polar surface area (TPSA) is 83.4 Å². The first-order chi connectivity index (χ1) is 17.9. The number of nitrogens with one attached hydrogen (secondary N) is 1. The summed E-state index contributed by atoms with van der Waals surface area (Å²) in [6.07, 6.45) is 13.0. The Hall–Kier alpha value is -2.45. The molecule has 2 aliphatic heterocycles. The van der Waals surface area contributed by atoms with Crippen LogP contribution < -0.4 is 5.32 Å². The quantitative estimate of drug-likeness (QED) is 0.568. The van der Waals surface area contributed by atoms with Crippen molar-refractivity contribution in [2.24, 2.45) is 11.3 Å². The first-order valence-corrected chi connectivity index (χ1v) is 14.2. The monoisotopic (exact) mass is 526 g/mol. The van der Waals surface area contributed by atoms with Crippen LogP contribution in [-0.2, 0) is 22.6 Å². The van der Waals surface area contributed by atoms with Crippen LogP contribution >= 0.6 is 11.6 Å². The highest BCUT2D eigenvalue weighted by atomic mass is 35.5. The first kappa shape index (κ1) is 26.2. The summed E-state index contributed by atoms with van der Waals surface area (Å²) in [7, 11) is 1.95. The van der Waals surface area contributed by atoms with Gasteiger partial charge in [0.05, 0.1) is 6.04 Å². The Balaban J connectivity index is 1.29. The van der Waals surface area contributed by atoms with Gasteiger partial charge in [-0.2, -0.15) is 5.10 Å². The third-order valence-electron chi connectivity index (χ3n) is 9.04. The molecule has 5 rings (SSSR count). The van der Waals surface area contributed by atoms with Crippen LogP contribution in [0, 0.1) is 11.3 Å². The lowest BCUT2D eigenvalue weighted by Crippen LogP contribution is -2.59. The molecule has 3 aliphatic rings. The molecule has 3 fully saturated rings. The van der Waals surface area contributed by atoms with Crippen molar-refractivity contribution in [3.8, 4) is 0 Å². The number of likely N-dealkylation sites (tertiary alicyclic amines) is 2. The molecule has 1 saturated carbocycles. The molecule has 2 atom stereocenters. The molecule has 0 bridgehead atoms. The smallest absolute Gasteiger partial charge is 0.245 e. The maximum atomic E-state index is 13.9. The average molecular weight is 527 g/mol. The van der Waals surface area contributed by atoms with Gasteiger partial charge < -0.3 is 10.2 Å². The third-order valence-corrected chi connectivity index (χ3v) is 9.30. The molecule has 2 amide bonds. The van der Waals surface area contributed by atoms with Crippen LogP contribution in [0.1, 0.15) is 56.9 Å². The highest BCUT2D eigenvalue weighted by Crippen LogP contribution is 2.47. The zero-order valence-corrected chi connectivity index (χ0v) is 22.6. The minimum absolute atomic E-state index is 0.0169. The number of benzene rings is 1. The van der Waals surface area contributed by atoms with Gasteiger partial charge >= 0.3 is 0 Å². The van der Waals surface area contributed by atoms with E-state index in [0.29, 0.717) is 30.5 Å². The van der Waals surface area contributed by atoms with E-state index >= 15 is 0 Å². The van der Waals surface area contributed by atoms with Gasteiger partial charge in [-0.25, -0.2) is 4.98 Å². The van der Waals surface area contributed by atoms with E-state index in [0.717, 1.165) is 37.9 Å². The van der Waals surface area contributed by atoms with E-state index in [9.17, 15) is 9.59 Å². The molecule has 1 aromatic carbocycles. The van der Waals surface area contributed by atoms with E-state index in [2.05, 4.69) is 15.4 Å². The zero-order valence-electron chi connectivity index (χ0n) is 21.8. The van der Waals surface area contributed by atoms with E-state index in [1.807, 2.05) is 52.1 Å². The fourth-order valence-electron chi connectivity index (χ4n) is 6.61. The van der Waals surface area contributed by atoms with Crippen LogP contribution in [0.4, 0.5) is 0 Å². The van der Waals surface area contributed by atoms with Gasteiger partial charge in [-0.1, -0.05) is 43.0 Å². The van der Waals surface area contributed by atoms with Crippen molar-refractivity contribution >= 4 is 23.4 Å². The summed E-state index contributed by atoms with van der Waals surface area (Å²) in [5, 5.41) is 8.18. The maximum absolute atomic E-state index is 13.9. The van der Waals surface area contributed by atoms with Crippen molar-refractivity contribution in [3.05, 3.63) is 47.5 Å². The van der Waals surface area contributed by atoms with Crippen LogP contribution in [0.2, 0.25) is 5.02 Å². The number of carbonyl (C=O) groups is 2. The molecule has 0 unspecified atom stereocenters. The number of piperidine rings is 1. The molecule has 9 heteroatoms. The number of nitrogens with zero attached hydrogens (tertiary/aromatic N) is 5. The fourth-order valence-corrected chi connectivity index (χ4v) is 6.74.